The predicted octanol–water partition coefficient (Wildman–Crippen LogP) is 2.67. The zero-order chi connectivity index (χ0) is 12.3. The second-order valence-electron chi connectivity index (χ2n) is 3.66. The van der Waals surface area contributed by atoms with Crippen LogP contribution < -0.4 is 10.3 Å². The van der Waals surface area contributed by atoms with Gasteiger partial charge in [-0.05, 0) is 23.8 Å². The minimum absolute atomic E-state index is 0.0627. The molecule has 0 bridgehead atoms. The highest BCUT2D eigenvalue weighted by Gasteiger charge is 2.00. The van der Waals surface area contributed by atoms with E-state index in [-0.39, 0.29) is 5.56 Å². The molecule has 1 aromatic carbocycles. The normalized spacial score (nSPS) is 10.2. The molecule has 0 radical (unpaired) electrons. The second kappa shape index (κ2) is 5.19. The van der Waals surface area contributed by atoms with Gasteiger partial charge in [-0.2, -0.15) is 0 Å². The molecule has 4 heteroatoms. The highest BCUT2D eigenvalue weighted by molar-refractivity contribution is 9.10. The van der Waals surface area contributed by atoms with Gasteiger partial charge in [0.1, 0.15) is 5.75 Å². The Bertz CT molecular complexity index is 560. The van der Waals surface area contributed by atoms with Crippen molar-refractivity contribution in [1.29, 1.82) is 0 Å². The Morgan fingerprint density at radius 1 is 1.24 bits per heavy atom. The maximum absolute atomic E-state index is 11.7. The molecule has 0 atom stereocenters. The number of methoxy groups -OCH3 is 1. The average Bonchev–Trinajstić information content (AvgIpc) is 2.34. The number of ether oxygens (including phenoxy) is 1. The van der Waals surface area contributed by atoms with Crippen LogP contribution in [0.4, 0.5) is 0 Å². The second-order valence-corrected chi connectivity index (χ2v) is 4.57. The molecule has 0 N–H and O–H groups in total. The molecule has 1 heterocycles. The van der Waals surface area contributed by atoms with Crippen molar-refractivity contribution in [3.8, 4) is 5.75 Å². The largest absolute Gasteiger partial charge is 0.497 e. The van der Waals surface area contributed by atoms with Gasteiger partial charge in [-0.3, -0.25) is 4.79 Å². The van der Waals surface area contributed by atoms with E-state index in [1.54, 1.807) is 23.9 Å². The van der Waals surface area contributed by atoms with Crippen molar-refractivity contribution in [2.75, 3.05) is 7.11 Å². The molecule has 3 nitrogen and oxygen atoms in total. The van der Waals surface area contributed by atoms with Gasteiger partial charge in [-0.1, -0.05) is 28.1 Å². The lowest BCUT2D eigenvalue weighted by Gasteiger charge is -2.07. The quantitative estimate of drug-likeness (QED) is 0.871. The minimum Gasteiger partial charge on any atom is -0.497 e. The number of benzene rings is 1. The van der Waals surface area contributed by atoms with Crippen molar-refractivity contribution in [2.45, 2.75) is 6.54 Å². The van der Waals surface area contributed by atoms with E-state index < -0.39 is 0 Å². The SMILES string of the molecule is COc1ccn(Cc2ccc(Br)cc2)c(=O)c1. The maximum Gasteiger partial charge on any atom is 0.254 e. The van der Waals surface area contributed by atoms with E-state index in [2.05, 4.69) is 15.9 Å². The van der Waals surface area contributed by atoms with E-state index in [4.69, 9.17) is 4.74 Å². The summed E-state index contributed by atoms with van der Waals surface area (Å²) in [6.45, 7) is 0.566. The Kier molecular flexibility index (Phi) is 3.64. The summed E-state index contributed by atoms with van der Waals surface area (Å²) in [5.74, 6) is 0.585. The molecule has 1 aromatic heterocycles. The fraction of sp³-hybridized carbons (Fsp3) is 0.154. The van der Waals surface area contributed by atoms with Gasteiger partial charge in [-0.15, -0.1) is 0 Å². The number of nitrogens with zero attached hydrogens (tertiary/aromatic N) is 1. The first-order valence-corrected chi connectivity index (χ1v) is 5.97. The number of hydrogen-bond acceptors (Lipinski definition) is 2. The van der Waals surface area contributed by atoms with Crippen molar-refractivity contribution in [3.63, 3.8) is 0 Å². The third kappa shape index (κ3) is 2.97. The third-order valence-electron chi connectivity index (χ3n) is 2.47. The van der Waals surface area contributed by atoms with Gasteiger partial charge in [0.2, 0.25) is 0 Å². The molecule has 0 amide bonds. The molecule has 0 aliphatic carbocycles. The van der Waals surface area contributed by atoms with Crippen LogP contribution in [0.25, 0.3) is 0 Å². The molecule has 2 rings (SSSR count). The highest BCUT2D eigenvalue weighted by Crippen LogP contribution is 2.11. The fourth-order valence-corrected chi connectivity index (χ4v) is 1.80. The number of aromatic nitrogens is 1. The number of hydrogen-bond donors (Lipinski definition) is 0. The first-order valence-electron chi connectivity index (χ1n) is 5.18. The average molecular weight is 294 g/mol. The van der Waals surface area contributed by atoms with Crippen LogP contribution in [0.5, 0.6) is 5.75 Å². The zero-order valence-electron chi connectivity index (χ0n) is 9.39. The topological polar surface area (TPSA) is 31.2 Å². The van der Waals surface area contributed by atoms with E-state index in [0.29, 0.717) is 12.3 Å². The smallest absolute Gasteiger partial charge is 0.254 e. The Balaban J connectivity index is 2.24. The monoisotopic (exact) mass is 293 g/mol. The molecule has 0 aliphatic heterocycles. The number of rotatable bonds is 3. The van der Waals surface area contributed by atoms with Gasteiger partial charge in [0.05, 0.1) is 13.7 Å². The van der Waals surface area contributed by atoms with Crippen LogP contribution in [0.1, 0.15) is 5.56 Å². The van der Waals surface area contributed by atoms with E-state index in [9.17, 15) is 4.79 Å². The number of pyridine rings is 1. The Labute approximate surface area is 108 Å². The first-order chi connectivity index (χ1) is 8.19. The molecule has 0 spiro atoms. The lowest BCUT2D eigenvalue weighted by Crippen LogP contribution is -2.18. The van der Waals surface area contributed by atoms with Crippen LogP contribution >= 0.6 is 15.9 Å². The van der Waals surface area contributed by atoms with Crippen molar-refractivity contribution in [2.24, 2.45) is 0 Å². The van der Waals surface area contributed by atoms with Crippen LogP contribution in [0.15, 0.2) is 51.9 Å². The molecule has 0 saturated heterocycles. The Morgan fingerprint density at radius 3 is 2.53 bits per heavy atom. The lowest BCUT2D eigenvalue weighted by atomic mass is 10.2. The standard InChI is InChI=1S/C13H12BrNO2/c1-17-12-6-7-15(13(16)8-12)9-10-2-4-11(14)5-3-10/h2-8H,9H2,1H3. The van der Waals surface area contributed by atoms with Crippen molar-refractivity contribution in [1.82, 2.24) is 4.57 Å². The van der Waals surface area contributed by atoms with Crippen LogP contribution in [-0.2, 0) is 6.54 Å². The summed E-state index contributed by atoms with van der Waals surface area (Å²) in [6.07, 6.45) is 1.74. The molecule has 88 valence electrons. The summed E-state index contributed by atoms with van der Waals surface area (Å²) < 4.78 is 7.67. The fourth-order valence-electron chi connectivity index (χ4n) is 1.53. The summed E-state index contributed by atoms with van der Waals surface area (Å²) in [6, 6.07) is 11.2. The molecule has 17 heavy (non-hydrogen) atoms. The summed E-state index contributed by atoms with van der Waals surface area (Å²) >= 11 is 3.38. The van der Waals surface area contributed by atoms with E-state index >= 15 is 0 Å². The minimum atomic E-state index is -0.0627. The Morgan fingerprint density at radius 2 is 1.94 bits per heavy atom. The predicted molar refractivity (Wildman–Crippen MR) is 70.5 cm³/mol. The highest BCUT2D eigenvalue weighted by atomic mass is 79.9. The molecular formula is C13H12BrNO2. The van der Waals surface area contributed by atoms with Crippen LogP contribution in [0.3, 0.4) is 0 Å². The van der Waals surface area contributed by atoms with Gasteiger partial charge in [0.25, 0.3) is 5.56 Å². The van der Waals surface area contributed by atoms with Crippen molar-refractivity contribution >= 4 is 15.9 Å². The molecule has 2 aromatic rings. The van der Waals surface area contributed by atoms with E-state index in [1.165, 1.54) is 6.07 Å². The van der Waals surface area contributed by atoms with Crippen LogP contribution in [-0.4, -0.2) is 11.7 Å². The molecule has 0 aliphatic rings. The summed E-state index contributed by atoms with van der Waals surface area (Å²) in [5, 5.41) is 0. The summed E-state index contributed by atoms with van der Waals surface area (Å²) in [4.78, 5) is 11.7. The van der Waals surface area contributed by atoms with Crippen LogP contribution in [0.2, 0.25) is 0 Å². The molecule has 0 fully saturated rings. The molecule has 0 saturated carbocycles. The third-order valence-corrected chi connectivity index (χ3v) is 3.00. The van der Waals surface area contributed by atoms with Gasteiger partial charge >= 0.3 is 0 Å². The molecule has 0 unspecified atom stereocenters. The number of halogens is 1. The van der Waals surface area contributed by atoms with Crippen LogP contribution in [0, 0.1) is 0 Å². The van der Waals surface area contributed by atoms with Gasteiger partial charge in [0.15, 0.2) is 0 Å². The maximum atomic E-state index is 11.7. The van der Waals surface area contributed by atoms with Gasteiger partial charge < -0.3 is 9.30 Å². The molecular weight excluding hydrogens is 282 g/mol. The lowest BCUT2D eigenvalue weighted by molar-refractivity contribution is 0.412. The first kappa shape index (κ1) is 11.9. The van der Waals surface area contributed by atoms with Crippen molar-refractivity contribution in [3.05, 3.63) is 63.0 Å². The Hall–Kier alpha value is -1.55. The summed E-state index contributed by atoms with van der Waals surface area (Å²) in [7, 11) is 1.55. The van der Waals surface area contributed by atoms with Gasteiger partial charge in [0, 0.05) is 16.7 Å². The van der Waals surface area contributed by atoms with E-state index in [1.807, 2.05) is 24.3 Å². The van der Waals surface area contributed by atoms with Crippen molar-refractivity contribution < 1.29 is 4.74 Å². The summed E-state index contributed by atoms with van der Waals surface area (Å²) in [5.41, 5.74) is 1.02. The zero-order valence-corrected chi connectivity index (χ0v) is 11.0. The van der Waals surface area contributed by atoms with E-state index in [0.717, 1.165) is 10.0 Å². The van der Waals surface area contributed by atoms with Gasteiger partial charge in [-0.25, -0.2) is 0 Å².